The van der Waals surface area contributed by atoms with Gasteiger partial charge in [-0.3, -0.25) is 9.97 Å². The quantitative estimate of drug-likeness (QED) is 0.729. The number of pyridine rings is 1. The molecule has 3 heterocycles. The van der Waals surface area contributed by atoms with Crippen LogP contribution in [0.2, 0.25) is 0 Å². The maximum Gasteiger partial charge on any atom is 0.189 e. The first kappa shape index (κ1) is 13.0. The Morgan fingerprint density at radius 1 is 1.05 bits per heavy atom. The van der Waals surface area contributed by atoms with Crippen molar-refractivity contribution >= 4 is 34.0 Å². The lowest BCUT2D eigenvalue weighted by atomic mass is 10.5. The van der Waals surface area contributed by atoms with Gasteiger partial charge in [0.15, 0.2) is 5.13 Å². The van der Waals surface area contributed by atoms with E-state index < -0.39 is 0 Å². The van der Waals surface area contributed by atoms with Crippen LogP contribution in [0.4, 0.5) is 10.9 Å². The van der Waals surface area contributed by atoms with Gasteiger partial charge in [-0.25, -0.2) is 9.97 Å². The Kier molecular flexibility index (Phi) is 4.19. The third-order valence-electron chi connectivity index (χ3n) is 2.36. The molecule has 7 heteroatoms. The van der Waals surface area contributed by atoms with Crippen molar-refractivity contribution < 1.29 is 0 Å². The average molecular weight is 301 g/mol. The second-order valence-electron chi connectivity index (χ2n) is 3.81. The molecule has 0 fully saturated rings. The zero-order valence-electron chi connectivity index (χ0n) is 10.4. The molecular formula is C13H11N5S2. The Morgan fingerprint density at radius 2 is 2.05 bits per heavy atom. The van der Waals surface area contributed by atoms with E-state index in [0.29, 0.717) is 0 Å². The van der Waals surface area contributed by atoms with Gasteiger partial charge in [0.2, 0.25) is 0 Å². The number of hydrogen-bond acceptors (Lipinski definition) is 7. The van der Waals surface area contributed by atoms with Crippen molar-refractivity contribution in [2.24, 2.45) is 0 Å². The van der Waals surface area contributed by atoms with E-state index in [9.17, 15) is 0 Å². The van der Waals surface area contributed by atoms with Crippen LogP contribution in [-0.4, -0.2) is 19.9 Å². The summed E-state index contributed by atoms with van der Waals surface area (Å²) < 4.78 is 1.13. The number of nitrogens with one attached hydrogen (secondary N) is 1. The van der Waals surface area contributed by atoms with E-state index in [-0.39, 0.29) is 0 Å². The predicted molar refractivity (Wildman–Crippen MR) is 81.2 cm³/mol. The van der Waals surface area contributed by atoms with E-state index in [0.717, 1.165) is 26.6 Å². The van der Waals surface area contributed by atoms with Gasteiger partial charge < -0.3 is 5.32 Å². The van der Waals surface area contributed by atoms with Crippen LogP contribution >= 0.6 is 23.1 Å². The fourth-order valence-corrected chi connectivity index (χ4v) is 3.25. The van der Waals surface area contributed by atoms with E-state index in [1.54, 1.807) is 47.9 Å². The predicted octanol–water partition coefficient (Wildman–Crippen LogP) is 3.36. The summed E-state index contributed by atoms with van der Waals surface area (Å²) in [7, 11) is 0. The standard InChI is InChI=1S/C13H11N5S2/c1-2-4-16-11(3-1)18-13-17-8-12(20-13)19-9-10-7-14-5-6-15-10/h1-8H,9H2,(H,16,17,18). The Labute approximate surface area is 124 Å². The number of rotatable bonds is 5. The Balaban J connectivity index is 1.60. The first-order valence-electron chi connectivity index (χ1n) is 5.92. The molecule has 1 N–H and O–H groups in total. The number of anilines is 2. The van der Waals surface area contributed by atoms with E-state index in [4.69, 9.17) is 0 Å². The molecule has 0 aliphatic heterocycles. The third kappa shape index (κ3) is 3.52. The Hall–Kier alpha value is -1.99. The molecule has 0 spiro atoms. The second-order valence-corrected chi connectivity index (χ2v) is 6.12. The summed E-state index contributed by atoms with van der Waals surface area (Å²) in [4.78, 5) is 16.8. The fourth-order valence-electron chi connectivity index (χ4n) is 1.48. The van der Waals surface area contributed by atoms with Crippen molar-refractivity contribution in [2.45, 2.75) is 9.96 Å². The lowest BCUT2D eigenvalue weighted by Gasteiger charge is -1.99. The minimum atomic E-state index is 0.791. The van der Waals surface area contributed by atoms with Gasteiger partial charge in [0.1, 0.15) is 5.82 Å². The monoisotopic (exact) mass is 301 g/mol. The van der Waals surface area contributed by atoms with Gasteiger partial charge >= 0.3 is 0 Å². The molecule has 5 nitrogen and oxygen atoms in total. The van der Waals surface area contributed by atoms with Crippen LogP contribution in [0.1, 0.15) is 5.69 Å². The number of nitrogens with zero attached hydrogens (tertiary/aromatic N) is 4. The third-order valence-corrected chi connectivity index (χ3v) is 4.50. The summed E-state index contributed by atoms with van der Waals surface area (Å²) in [5.74, 6) is 1.59. The van der Waals surface area contributed by atoms with Crippen LogP contribution in [-0.2, 0) is 5.75 Å². The van der Waals surface area contributed by atoms with Crippen molar-refractivity contribution in [3.63, 3.8) is 0 Å². The zero-order valence-corrected chi connectivity index (χ0v) is 12.1. The Morgan fingerprint density at radius 3 is 2.85 bits per heavy atom. The van der Waals surface area contributed by atoms with E-state index in [1.807, 2.05) is 24.4 Å². The van der Waals surface area contributed by atoms with Crippen LogP contribution in [0, 0.1) is 0 Å². The number of thiazole rings is 1. The molecular weight excluding hydrogens is 290 g/mol. The Bertz CT molecular complexity index is 657. The van der Waals surface area contributed by atoms with Gasteiger partial charge in [-0.05, 0) is 12.1 Å². The molecule has 0 saturated carbocycles. The van der Waals surface area contributed by atoms with E-state index in [1.165, 1.54) is 0 Å². The number of thioether (sulfide) groups is 1. The van der Waals surface area contributed by atoms with Gasteiger partial charge in [0, 0.05) is 30.5 Å². The summed E-state index contributed by atoms with van der Waals surface area (Å²) in [6.07, 6.45) is 8.77. The van der Waals surface area contributed by atoms with Gasteiger partial charge in [0.05, 0.1) is 16.1 Å². The first-order chi connectivity index (χ1) is 9.90. The molecule has 0 radical (unpaired) electrons. The van der Waals surface area contributed by atoms with Crippen LogP contribution in [0.25, 0.3) is 0 Å². The zero-order chi connectivity index (χ0) is 13.6. The summed E-state index contributed by atoms with van der Waals surface area (Å²) in [6, 6.07) is 5.73. The molecule has 3 aromatic heterocycles. The lowest BCUT2D eigenvalue weighted by Crippen LogP contribution is -1.90. The summed E-state index contributed by atoms with van der Waals surface area (Å²) in [6.45, 7) is 0. The van der Waals surface area contributed by atoms with Crippen LogP contribution in [0.15, 0.2) is 53.4 Å². The van der Waals surface area contributed by atoms with Gasteiger partial charge in [-0.1, -0.05) is 17.4 Å². The first-order valence-corrected chi connectivity index (χ1v) is 7.72. The second kappa shape index (κ2) is 6.44. The maximum absolute atomic E-state index is 4.33. The van der Waals surface area contributed by atoms with Gasteiger partial charge in [-0.15, -0.1) is 11.8 Å². The average Bonchev–Trinajstić information content (AvgIpc) is 2.95. The van der Waals surface area contributed by atoms with Crippen molar-refractivity contribution in [2.75, 3.05) is 5.32 Å². The van der Waals surface area contributed by atoms with Gasteiger partial charge in [0.25, 0.3) is 0 Å². The molecule has 20 heavy (non-hydrogen) atoms. The molecule has 0 aliphatic carbocycles. The molecule has 0 aromatic carbocycles. The van der Waals surface area contributed by atoms with Gasteiger partial charge in [-0.2, -0.15) is 0 Å². The number of aromatic nitrogens is 4. The molecule has 0 bridgehead atoms. The van der Waals surface area contributed by atoms with Crippen LogP contribution in [0.5, 0.6) is 0 Å². The molecule has 0 aliphatic rings. The molecule has 100 valence electrons. The topological polar surface area (TPSA) is 63.6 Å². The summed E-state index contributed by atoms with van der Waals surface area (Å²) in [5.41, 5.74) is 0.963. The highest BCUT2D eigenvalue weighted by atomic mass is 32.2. The SMILES string of the molecule is c1ccc(Nc2ncc(SCc3cnccn3)s2)nc1. The summed E-state index contributed by atoms with van der Waals surface area (Å²) in [5, 5.41) is 4.02. The highest BCUT2D eigenvalue weighted by Gasteiger charge is 2.04. The molecule has 3 rings (SSSR count). The smallest absolute Gasteiger partial charge is 0.189 e. The summed E-state index contributed by atoms with van der Waals surface area (Å²) >= 11 is 3.30. The normalized spacial score (nSPS) is 10.4. The largest absolute Gasteiger partial charge is 0.316 e. The minimum Gasteiger partial charge on any atom is -0.316 e. The van der Waals surface area contributed by atoms with Crippen molar-refractivity contribution in [3.05, 3.63) is 54.9 Å². The van der Waals surface area contributed by atoms with Crippen LogP contribution < -0.4 is 5.32 Å². The minimum absolute atomic E-state index is 0.791. The highest BCUT2D eigenvalue weighted by molar-refractivity contribution is 8.00. The fraction of sp³-hybridized carbons (Fsp3) is 0.0769. The van der Waals surface area contributed by atoms with Crippen LogP contribution in [0.3, 0.4) is 0 Å². The molecule has 0 unspecified atom stereocenters. The molecule has 0 amide bonds. The number of hydrogen-bond donors (Lipinski definition) is 1. The van der Waals surface area contributed by atoms with E-state index >= 15 is 0 Å². The molecule has 0 saturated heterocycles. The van der Waals surface area contributed by atoms with Crippen molar-refractivity contribution in [3.8, 4) is 0 Å². The van der Waals surface area contributed by atoms with E-state index in [2.05, 4.69) is 25.3 Å². The highest BCUT2D eigenvalue weighted by Crippen LogP contribution is 2.31. The molecule has 0 atom stereocenters. The molecule has 3 aromatic rings. The van der Waals surface area contributed by atoms with Crippen molar-refractivity contribution in [1.29, 1.82) is 0 Å². The lowest BCUT2D eigenvalue weighted by molar-refractivity contribution is 1.10. The maximum atomic E-state index is 4.33. The van der Waals surface area contributed by atoms with Crippen molar-refractivity contribution in [1.82, 2.24) is 19.9 Å².